The van der Waals surface area contributed by atoms with Crippen LogP contribution in [0.4, 0.5) is 5.69 Å². The average Bonchev–Trinajstić information content (AvgIpc) is 2.54. The first-order valence-corrected chi connectivity index (χ1v) is 7.89. The maximum Gasteiger partial charge on any atom is 0.121 e. The predicted octanol–water partition coefficient (Wildman–Crippen LogP) is 5.26. The molecule has 0 radical (unpaired) electrons. The van der Waals surface area contributed by atoms with Crippen LogP contribution in [0, 0.1) is 0 Å². The van der Waals surface area contributed by atoms with Crippen LogP contribution < -0.4 is 10.1 Å². The molecule has 0 fully saturated rings. The molecule has 0 amide bonds. The lowest BCUT2D eigenvalue weighted by molar-refractivity contribution is 0.306. The molecule has 0 aliphatic rings. The summed E-state index contributed by atoms with van der Waals surface area (Å²) >= 11 is 0. The van der Waals surface area contributed by atoms with E-state index in [1.54, 1.807) is 0 Å². The first kappa shape index (κ1) is 15.4. The quantitative estimate of drug-likeness (QED) is 0.634. The fourth-order valence-electron chi connectivity index (χ4n) is 2.22. The smallest absolute Gasteiger partial charge is 0.121 e. The minimum Gasteiger partial charge on any atom is -0.489 e. The van der Waals surface area contributed by atoms with Crippen LogP contribution in [0.2, 0.25) is 0 Å². The molecule has 0 atom stereocenters. The fraction of sp³-hybridized carbons (Fsp3) is 0.368. The van der Waals surface area contributed by atoms with Gasteiger partial charge in [0, 0.05) is 18.3 Å². The number of benzene rings is 2. The van der Waals surface area contributed by atoms with Gasteiger partial charge in [-0.25, -0.2) is 0 Å². The zero-order valence-corrected chi connectivity index (χ0v) is 12.8. The van der Waals surface area contributed by atoms with Crippen molar-refractivity contribution in [1.82, 2.24) is 0 Å². The van der Waals surface area contributed by atoms with Gasteiger partial charge < -0.3 is 10.1 Å². The van der Waals surface area contributed by atoms with E-state index in [4.69, 9.17) is 4.74 Å². The Hall–Kier alpha value is -1.96. The molecule has 2 aromatic rings. The summed E-state index contributed by atoms with van der Waals surface area (Å²) in [5.41, 5.74) is 2.33. The van der Waals surface area contributed by atoms with E-state index in [0.717, 1.165) is 18.0 Å². The molecule has 0 aliphatic carbocycles. The minimum absolute atomic E-state index is 0.612. The lowest BCUT2D eigenvalue weighted by atomic mass is 10.2. The van der Waals surface area contributed by atoms with E-state index < -0.39 is 0 Å². The second-order valence-corrected chi connectivity index (χ2v) is 5.29. The number of hydrogen-bond donors (Lipinski definition) is 1. The SMILES string of the molecule is CCCCCCNc1cccc(OCc2ccccc2)c1. The lowest BCUT2D eigenvalue weighted by Gasteiger charge is -2.10. The maximum absolute atomic E-state index is 5.84. The third-order valence-corrected chi connectivity index (χ3v) is 3.44. The summed E-state index contributed by atoms with van der Waals surface area (Å²) in [6.45, 7) is 3.88. The van der Waals surface area contributed by atoms with E-state index in [-0.39, 0.29) is 0 Å². The summed E-state index contributed by atoms with van der Waals surface area (Å²) in [7, 11) is 0. The highest BCUT2D eigenvalue weighted by atomic mass is 16.5. The van der Waals surface area contributed by atoms with Crippen LogP contribution in [0.5, 0.6) is 5.75 Å². The third kappa shape index (κ3) is 5.90. The average molecular weight is 283 g/mol. The molecule has 21 heavy (non-hydrogen) atoms. The summed E-state index contributed by atoms with van der Waals surface area (Å²) in [5.74, 6) is 0.914. The molecule has 0 bridgehead atoms. The molecular formula is C19H25NO. The van der Waals surface area contributed by atoms with Crippen molar-refractivity contribution in [2.24, 2.45) is 0 Å². The molecule has 0 aliphatic heterocycles. The van der Waals surface area contributed by atoms with Crippen LogP contribution in [0.15, 0.2) is 54.6 Å². The number of unbranched alkanes of at least 4 members (excludes halogenated alkanes) is 3. The van der Waals surface area contributed by atoms with E-state index in [1.807, 2.05) is 30.3 Å². The number of rotatable bonds is 9. The van der Waals surface area contributed by atoms with Crippen LogP contribution >= 0.6 is 0 Å². The van der Waals surface area contributed by atoms with Gasteiger partial charge >= 0.3 is 0 Å². The van der Waals surface area contributed by atoms with Gasteiger partial charge in [-0.3, -0.25) is 0 Å². The first-order valence-electron chi connectivity index (χ1n) is 7.89. The Labute approximate surface area is 128 Å². The van der Waals surface area contributed by atoms with Crippen molar-refractivity contribution in [1.29, 1.82) is 0 Å². The van der Waals surface area contributed by atoms with Crippen molar-refractivity contribution in [3.05, 3.63) is 60.2 Å². The van der Waals surface area contributed by atoms with Gasteiger partial charge in [0.1, 0.15) is 12.4 Å². The van der Waals surface area contributed by atoms with Gasteiger partial charge in [0.05, 0.1) is 0 Å². The third-order valence-electron chi connectivity index (χ3n) is 3.44. The number of nitrogens with one attached hydrogen (secondary N) is 1. The topological polar surface area (TPSA) is 21.3 Å². The van der Waals surface area contributed by atoms with Crippen LogP contribution in [-0.2, 0) is 6.61 Å². The molecule has 112 valence electrons. The second-order valence-electron chi connectivity index (χ2n) is 5.29. The molecule has 0 heterocycles. The monoisotopic (exact) mass is 283 g/mol. The van der Waals surface area contributed by atoms with E-state index in [0.29, 0.717) is 6.61 Å². The van der Waals surface area contributed by atoms with Crippen LogP contribution in [0.1, 0.15) is 38.2 Å². The molecule has 0 unspecified atom stereocenters. The van der Waals surface area contributed by atoms with Crippen LogP contribution in [0.3, 0.4) is 0 Å². The first-order chi connectivity index (χ1) is 10.4. The predicted molar refractivity (Wildman–Crippen MR) is 89.8 cm³/mol. The van der Waals surface area contributed by atoms with E-state index in [2.05, 4.69) is 36.5 Å². The van der Waals surface area contributed by atoms with Crippen molar-refractivity contribution in [3.63, 3.8) is 0 Å². The molecule has 1 N–H and O–H groups in total. The zero-order chi connectivity index (χ0) is 14.8. The Balaban J connectivity index is 1.77. The van der Waals surface area contributed by atoms with Crippen molar-refractivity contribution < 1.29 is 4.74 Å². The highest BCUT2D eigenvalue weighted by Crippen LogP contribution is 2.18. The van der Waals surface area contributed by atoms with Gasteiger partial charge in [-0.15, -0.1) is 0 Å². The zero-order valence-electron chi connectivity index (χ0n) is 12.8. The molecular weight excluding hydrogens is 258 g/mol. The maximum atomic E-state index is 5.84. The van der Waals surface area contributed by atoms with Crippen molar-refractivity contribution in [2.75, 3.05) is 11.9 Å². The van der Waals surface area contributed by atoms with Crippen molar-refractivity contribution in [2.45, 2.75) is 39.2 Å². The van der Waals surface area contributed by atoms with E-state index >= 15 is 0 Å². The van der Waals surface area contributed by atoms with Gasteiger partial charge in [-0.05, 0) is 24.1 Å². The second kappa shape index (κ2) is 9.06. The summed E-state index contributed by atoms with van der Waals surface area (Å²) in [5, 5.41) is 3.46. The van der Waals surface area contributed by atoms with E-state index in [9.17, 15) is 0 Å². The molecule has 0 aromatic heterocycles. The fourth-order valence-corrected chi connectivity index (χ4v) is 2.22. The standard InChI is InChI=1S/C19H25NO/c1-2-3-4-8-14-20-18-12-9-13-19(15-18)21-16-17-10-6-5-7-11-17/h5-7,9-13,15,20H,2-4,8,14,16H2,1H3. The van der Waals surface area contributed by atoms with Gasteiger partial charge in [0.25, 0.3) is 0 Å². The largest absolute Gasteiger partial charge is 0.489 e. The van der Waals surface area contributed by atoms with Crippen LogP contribution in [0.25, 0.3) is 0 Å². The number of anilines is 1. The number of hydrogen-bond acceptors (Lipinski definition) is 2. The molecule has 2 aromatic carbocycles. The normalized spacial score (nSPS) is 10.3. The molecule has 0 spiro atoms. The summed E-state index contributed by atoms with van der Waals surface area (Å²) in [6.07, 6.45) is 5.13. The Morgan fingerprint density at radius 1 is 0.905 bits per heavy atom. The molecule has 0 saturated heterocycles. The summed E-state index contributed by atoms with van der Waals surface area (Å²) in [4.78, 5) is 0. The molecule has 2 rings (SSSR count). The Morgan fingerprint density at radius 2 is 1.76 bits per heavy atom. The highest BCUT2D eigenvalue weighted by Gasteiger charge is 1.98. The van der Waals surface area contributed by atoms with Gasteiger partial charge in [-0.1, -0.05) is 62.6 Å². The molecule has 0 saturated carbocycles. The summed E-state index contributed by atoms with van der Waals surface area (Å²) in [6, 6.07) is 18.5. The highest BCUT2D eigenvalue weighted by molar-refractivity contribution is 5.48. The Morgan fingerprint density at radius 3 is 2.57 bits per heavy atom. The molecule has 2 heteroatoms. The van der Waals surface area contributed by atoms with Gasteiger partial charge in [0.15, 0.2) is 0 Å². The van der Waals surface area contributed by atoms with Crippen LogP contribution in [-0.4, -0.2) is 6.54 Å². The van der Waals surface area contributed by atoms with E-state index in [1.165, 1.54) is 31.2 Å². The van der Waals surface area contributed by atoms with Gasteiger partial charge in [-0.2, -0.15) is 0 Å². The van der Waals surface area contributed by atoms with Gasteiger partial charge in [0.2, 0.25) is 0 Å². The van der Waals surface area contributed by atoms with Crippen molar-refractivity contribution in [3.8, 4) is 5.75 Å². The Bertz CT molecular complexity index is 510. The minimum atomic E-state index is 0.612. The van der Waals surface area contributed by atoms with Crippen molar-refractivity contribution >= 4 is 5.69 Å². The number of ether oxygens (including phenoxy) is 1. The Kier molecular flexibility index (Phi) is 6.66. The lowest BCUT2D eigenvalue weighted by Crippen LogP contribution is -2.02. The molecule has 2 nitrogen and oxygen atoms in total. The summed E-state index contributed by atoms with van der Waals surface area (Å²) < 4.78 is 5.84.